The summed E-state index contributed by atoms with van der Waals surface area (Å²) in [5.41, 5.74) is 0. The van der Waals surface area contributed by atoms with Crippen LogP contribution in [0, 0.1) is 5.92 Å². The van der Waals surface area contributed by atoms with E-state index in [0.717, 1.165) is 18.7 Å². The van der Waals surface area contributed by atoms with Crippen LogP contribution >= 0.6 is 0 Å². The van der Waals surface area contributed by atoms with Gasteiger partial charge in [-0.25, -0.2) is 0 Å². The molecule has 0 bridgehead atoms. The van der Waals surface area contributed by atoms with Gasteiger partial charge in [-0.3, -0.25) is 4.79 Å². The number of hydrogen-bond donors (Lipinski definition) is 1. The summed E-state index contributed by atoms with van der Waals surface area (Å²) in [4.78, 5) is 9.66. The van der Waals surface area contributed by atoms with Gasteiger partial charge in [0.1, 0.15) is 0 Å². The number of carbonyl (C=O) groups is 1. The molecule has 0 aromatic rings. The lowest BCUT2D eigenvalue weighted by Crippen LogP contribution is -2.22. The summed E-state index contributed by atoms with van der Waals surface area (Å²) in [6, 6.07) is 0.331. The molecular weight excluding hydrogens is 150 g/mol. The fourth-order valence-electron chi connectivity index (χ4n) is 0.234. The molecule has 2 nitrogen and oxygen atoms in total. The lowest BCUT2D eigenvalue weighted by molar-refractivity contribution is -0.110. The topological polar surface area (TPSA) is 29.1 Å². The molecule has 0 spiro atoms. The molecule has 0 saturated carbocycles. The van der Waals surface area contributed by atoms with Crippen LogP contribution < -0.4 is 5.32 Å². The Balaban J connectivity index is 0. The van der Waals surface area contributed by atoms with Gasteiger partial charge in [0.15, 0.2) is 0 Å². The van der Waals surface area contributed by atoms with E-state index in [9.17, 15) is 4.79 Å². The van der Waals surface area contributed by atoms with Gasteiger partial charge in [-0.1, -0.05) is 34.1 Å². The molecule has 0 heterocycles. The summed E-state index contributed by atoms with van der Waals surface area (Å²) in [5.74, 6) is 0.884. The van der Waals surface area contributed by atoms with Crippen molar-refractivity contribution in [2.75, 3.05) is 0 Å². The molecule has 0 rings (SSSR count). The van der Waals surface area contributed by atoms with Crippen molar-refractivity contribution in [1.29, 1.82) is 0 Å². The Labute approximate surface area is 76.7 Å². The van der Waals surface area contributed by atoms with E-state index >= 15 is 0 Å². The highest BCUT2D eigenvalue weighted by Gasteiger charge is 1.89. The Morgan fingerprint density at radius 3 is 1.67 bits per heavy atom. The summed E-state index contributed by atoms with van der Waals surface area (Å²) in [6.07, 6.45) is 3.03. The third-order valence-corrected chi connectivity index (χ3v) is 1.78. The average Bonchev–Trinajstić information content (AvgIpc) is 2.06. The van der Waals surface area contributed by atoms with Gasteiger partial charge in [-0.15, -0.1) is 0 Å². The van der Waals surface area contributed by atoms with Crippen LogP contribution in [0.3, 0.4) is 0 Å². The van der Waals surface area contributed by atoms with Gasteiger partial charge in [-0.2, -0.15) is 0 Å². The molecule has 12 heavy (non-hydrogen) atoms. The molecule has 0 fully saturated rings. The van der Waals surface area contributed by atoms with Crippen LogP contribution in [0.15, 0.2) is 0 Å². The monoisotopic (exact) mass is 173 g/mol. The molecule has 0 aromatic carbocycles. The number of rotatable bonds is 4. The molecule has 0 radical (unpaired) electrons. The first-order valence-electron chi connectivity index (χ1n) is 4.78. The largest absolute Gasteiger partial charge is 0.356 e. The van der Waals surface area contributed by atoms with E-state index in [2.05, 4.69) is 26.1 Å². The van der Waals surface area contributed by atoms with Gasteiger partial charge in [0.25, 0.3) is 0 Å². The van der Waals surface area contributed by atoms with Crippen molar-refractivity contribution in [3.05, 3.63) is 0 Å². The van der Waals surface area contributed by atoms with E-state index in [-0.39, 0.29) is 0 Å². The van der Waals surface area contributed by atoms with Crippen LogP contribution in [-0.4, -0.2) is 12.5 Å². The normalized spacial score (nSPS) is 11.5. The molecular formula is C10H23NO. The highest BCUT2D eigenvalue weighted by atomic mass is 16.1. The van der Waals surface area contributed by atoms with Gasteiger partial charge in [0, 0.05) is 6.04 Å². The Morgan fingerprint density at radius 1 is 1.17 bits per heavy atom. The van der Waals surface area contributed by atoms with E-state index < -0.39 is 0 Å². The summed E-state index contributed by atoms with van der Waals surface area (Å²) < 4.78 is 0. The predicted molar refractivity (Wildman–Crippen MR) is 54.1 cm³/mol. The quantitative estimate of drug-likeness (QED) is 0.650. The molecule has 0 aromatic heterocycles. The Morgan fingerprint density at radius 2 is 1.58 bits per heavy atom. The Bertz CT molecular complexity index is 91.8. The molecule has 0 aliphatic rings. The van der Waals surface area contributed by atoms with Gasteiger partial charge in [0.2, 0.25) is 6.41 Å². The van der Waals surface area contributed by atoms with Crippen LogP contribution in [0.4, 0.5) is 0 Å². The summed E-state index contributed by atoms with van der Waals surface area (Å²) in [7, 11) is 0. The highest BCUT2D eigenvalue weighted by molar-refractivity contribution is 5.46. The predicted octanol–water partition coefficient (Wildman–Crippen LogP) is 2.58. The third-order valence-electron chi connectivity index (χ3n) is 1.78. The maximum absolute atomic E-state index is 9.66. The van der Waals surface area contributed by atoms with Gasteiger partial charge < -0.3 is 5.32 Å². The Hall–Kier alpha value is -0.530. The second kappa shape index (κ2) is 10.5. The number of nitrogens with one attached hydrogen (secondary N) is 1. The number of amides is 1. The maximum atomic E-state index is 9.66. The van der Waals surface area contributed by atoms with Crippen molar-refractivity contribution in [2.24, 2.45) is 5.92 Å². The minimum atomic E-state index is 0.331. The first-order valence-corrected chi connectivity index (χ1v) is 4.78. The molecule has 1 amide bonds. The molecule has 0 saturated heterocycles. The lowest BCUT2D eigenvalue weighted by Gasteiger charge is -2.02. The van der Waals surface area contributed by atoms with Crippen LogP contribution in [0.2, 0.25) is 0 Å². The zero-order valence-electron chi connectivity index (χ0n) is 9.05. The first kappa shape index (κ1) is 14.0. The number of carbonyl (C=O) groups excluding carboxylic acids is 1. The standard InChI is InChI=1S/C5H11NO.C5H12/c1-3-5(2)6-4-7;1-4-5(2)3/h4-5H,3H2,1-2H3,(H,6,7);5H,4H2,1-3H3. The first-order chi connectivity index (χ1) is 5.58. The van der Waals surface area contributed by atoms with Crippen LogP contribution in [0.1, 0.15) is 47.5 Å². The minimum absolute atomic E-state index is 0.331. The Kier molecular flexibility index (Phi) is 12.2. The molecule has 2 heteroatoms. The molecule has 1 unspecified atom stereocenters. The van der Waals surface area contributed by atoms with E-state index in [4.69, 9.17) is 0 Å². The SMILES string of the molecule is CCC(C)C.CCC(C)NC=O. The summed E-state index contributed by atoms with van der Waals surface area (Å²) in [5, 5.41) is 2.61. The van der Waals surface area contributed by atoms with Crippen molar-refractivity contribution in [3.63, 3.8) is 0 Å². The fraction of sp³-hybridized carbons (Fsp3) is 0.900. The van der Waals surface area contributed by atoms with E-state index in [0.29, 0.717) is 6.04 Å². The fourth-order valence-corrected chi connectivity index (χ4v) is 0.234. The maximum Gasteiger partial charge on any atom is 0.207 e. The van der Waals surface area contributed by atoms with Crippen LogP contribution in [0.5, 0.6) is 0 Å². The van der Waals surface area contributed by atoms with Crippen molar-refractivity contribution in [3.8, 4) is 0 Å². The van der Waals surface area contributed by atoms with Gasteiger partial charge >= 0.3 is 0 Å². The van der Waals surface area contributed by atoms with Crippen molar-refractivity contribution < 1.29 is 4.79 Å². The second-order valence-corrected chi connectivity index (χ2v) is 3.40. The average molecular weight is 173 g/mol. The lowest BCUT2D eigenvalue weighted by atomic mass is 10.2. The van der Waals surface area contributed by atoms with Crippen molar-refractivity contribution in [2.45, 2.75) is 53.5 Å². The smallest absolute Gasteiger partial charge is 0.207 e. The third kappa shape index (κ3) is 16.2. The molecule has 1 N–H and O–H groups in total. The molecule has 0 aliphatic carbocycles. The summed E-state index contributed by atoms with van der Waals surface area (Å²) >= 11 is 0. The second-order valence-electron chi connectivity index (χ2n) is 3.40. The van der Waals surface area contributed by atoms with Crippen LogP contribution in [-0.2, 0) is 4.79 Å². The van der Waals surface area contributed by atoms with E-state index in [1.54, 1.807) is 0 Å². The van der Waals surface area contributed by atoms with E-state index in [1.807, 2.05) is 13.8 Å². The molecule has 1 atom stereocenters. The highest BCUT2D eigenvalue weighted by Crippen LogP contribution is 1.93. The van der Waals surface area contributed by atoms with Gasteiger partial charge in [-0.05, 0) is 19.3 Å². The molecule has 0 aliphatic heterocycles. The van der Waals surface area contributed by atoms with Crippen molar-refractivity contribution >= 4 is 6.41 Å². The van der Waals surface area contributed by atoms with Crippen LogP contribution in [0.25, 0.3) is 0 Å². The van der Waals surface area contributed by atoms with Crippen molar-refractivity contribution in [1.82, 2.24) is 5.32 Å². The zero-order valence-corrected chi connectivity index (χ0v) is 9.05. The zero-order chi connectivity index (χ0) is 9.98. The minimum Gasteiger partial charge on any atom is -0.356 e. The van der Waals surface area contributed by atoms with Gasteiger partial charge in [0.05, 0.1) is 0 Å². The number of hydrogen-bond acceptors (Lipinski definition) is 1. The summed E-state index contributed by atoms with van der Waals surface area (Å²) in [6.45, 7) is 10.6. The molecule has 74 valence electrons. The van der Waals surface area contributed by atoms with E-state index in [1.165, 1.54) is 6.42 Å².